The Labute approximate surface area is 195 Å². The predicted octanol–water partition coefficient (Wildman–Crippen LogP) is 8.37. The summed E-state index contributed by atoms with van der Waals surface area (Å²) in [6.45, 7) is 7.05. The first-order valence-corrected chi connectivity index (χ1v) is 12.8. The minimum absolute atomic E-state index is 0.409. The Morgan fingerprint density at radius 1 is 0.812 bits per heavy atom. The summed E-state index contributed by atoms with van der Waals surface area (Å²) in [6, 6.07) is 7.77. The number of nitrogens with zero attached hydrogens (tertiary/aromatic N) is 2. The molecule has 0 aliphatic heterocycles. The fourth-order valence-electron chi connectivity index (χ4n) is 3.99. The minimum Gasteiger partial charge on any atom is -0.493 e. The van der Waals surface area contributed by atoms with E-state index in [1.54, 1.807) is 0 Å². The zero-order valence-corrected chi connectivity index (χ0v) is 20.5. The van der Waals surface area contributed by atoms with Crippen molar-refractivity contribution in [2.45, 2.75) is 104 Å². The SMILES string of the molecule is CCCCCCCCc1cnc(-c2ccc(OCCC(F)CCC(C)CCC)cc2)nc1. The van der Waals surface area contributed by atoms with Crippen LogP contribution in [0.15, 0.2) is 36.7 Å². The van der Waals surface area contributed by atoms with E-state index < -0.39 is 6.17 Å². The van der Waals surface area contributed by atoms with E-state index >= 15 is 0 Å². The average Bonchev–Trinajstić information content (AvgIpc) is 2.81. The maximum Gasteiger partial charge on any atom is 0.159 e. The largest absolute Gasteiger partial charge is 0.493 e. The van der Waals surface area contributed by atoms with Gasteiger partial charge in [0.25, 0.3) is 0 Å². The molecule has 0 saturated heterocycles. The van der Waals surface area contributed by atoms with Crippen LogP contribution in [-0.4, -0.2) is 22.7 Å². The van der Waals surface area contributed by atoms with Crippen molar-refractivity contribution in [3.05, 3.63) is 42.2 Å². The van der Waals surface area contributed by atoms with E-state index in [9.17, 15) is 4.39 Å². The molecule has 1 heterocycles. The molecule has 0 bridgehead atoms. The van der Waals surface area contributed by atoms with E-state index in [0.717, 1.165) is 30.0 Å². The smallest absolute Gasteiger partial charge is 0.159 e. The maximum absolute atomic E-state index is 14.1. The van der Waals surface area contributed by atoms with Crippen LogP contribution in [0.4, 0.5) is 4.39 Å². The third-order valence-corrected chi connectivity index (χ3v) is 6.09. The summed E-state index contributed by atoms with van der Waals surface area (Å²) in [7, 11) is 0. The molecule has 1 aromatic carbocycles. The minimum atomic E-state index is -0.781. The van der Waals surface area contributed by atoms with E-state index in [2.05, 4.69) is 30.7 Å². The second-order valence-corrected chi connectivity index (χ2v) is 9.16. The third kappa shape index (κ3) is 10.6. The van der Waals surface area contributed by atoms with Crippen molar-refractivity contribution in [3.8, 4) is 17.1 Å². The molecule has 2 aromatic rings. The molecule has 3 nitrogen and oxygen atoms in total. The lowest BCUT2D eigenvalue weighted by molar-refractivity contribution is 0.216. The lowest BCUT2D eigenvalue weighted by atomic mass is 9.98. The molecule has 0 aliphatic rings. The molecule has 0 saturated carbocycles. The first-order valence-electron chi connectivity index (χ1n) is 12.8. The molecule has 32 heavy (non-hydrogen) atoms. The zero-order chi connectivity index (χ0) is 23.0. The highest BCUT2D eigenvalue weighted by atomic mass is 19.1. The van der Waals surface area contributed by atoms with Gasteiger partial charge in [0.15, 0.2) is 5.82 Å². The Balaban J connectivity index is 1.69. The van der Waals surface area contributed by atoms with Crippen LogP contribution in [0.2, 0.25) is 0 Å². The summed E-state index contributed by atoms with van der Waals surface area (Å²) in [4.78, 5) is 9.08. The number of hydrogen-bond donors (Lipinski definition) is 0. The number of unbranched alkanes of at least 4 members (excludes halogenated alkanes) is 5. The van der Waals surface area contributed by atoms with Crippen molar-refractivity contribution in [2.75, 3.05) is 6.61 Å². The van der Waals surface area contributed by atoms with E-state index in [1.165, 1.54) is 56.9 Å². The van der Waals surface area contributed by atoms with Gasteiger partial charge in [0.2, 0.25) is 0 Å². The van der Waals surface area contributed by atoms with Gasteiger partial charge >= 0.3 is 0 Å². The van der Waals surface area contributed by atoms with Gasteiger partial charge in [0.1, 0.15) is 11.9 Å². The van der Waals surface area contributed by atoms with Crippen LogP contribution < -0.4 is 4.74 Å². The summed E-state index contributed by atoms with van der Waals surface area (Å²) < 4.78 is 19.8. The molecule has 1 aromatic heterocycles. The van der Waals surface area contributed by atoms with E-state index in [0.29, 0.717) is 25.4 Å². The van der Waals surface area contributed by atoms with Crippen LogP contribution >= 0.6 is 0 Å². The van der Waals surface area contributed by atoms with Crippen LogP contribution in [0.3, 0.4) is 0 Å². The van der Waals surface area contributed by atoms with Gasteiger partial charge in [-0.15, -0.1) is 0 Å². The number of aryl methyl sites for hydroxylation is 1. The second kappa shape index (κ2) is 15.8. The maximum atomic E-state index is 14.1. The molecule has 0 radical (unpaired) electrons. The van der Waals surface area contributed by atoms with Gasteiger partial charge in [-0.05, 0) is 61.4 Å². The quantitative estimate of drug-likeness (QED) is 0.231. The number of alkyl halides is 1. The van der Waals surface area contributed by atoms with Gasteiger partial charge in [0, 0.05) is 24.4 Å². The van der Waals surface area contributed by atoms with Crippen LogP contribution in [0.1, 0.15) is 97.0 Å². The molecule has 2 atom stereocenters. The van der Waals surface area contributed by atoms with Crippen molar-refractivity contribution >= 4 is 0 Å². The summed E-state index contributed by atoms with van der Waals surface area (Å²) in [5, 5.41) is 0. The molecule has 178 valence electrons. The van der Waals surface area contributed by atoms with Crippen LogP contribution in [0, 0.1) is 5.92 Å². The van der Waals surface area contributed by atoms with E-state index in [-0.39, 0.29) is 0 Å². The Hall–Kier alpha value is -1.97. The van der Waals surface area contributed by atoms with Crippen molar-refractivity contribution in [3.63, 3.8) is 0 Å². The van der Waals surface area contributed by atoms with Crippen molar-refractivity contribution in [2.24, 2.45) is 5.92 Å². The summed E-state index contributed by atoms with van der Waals surface area (Å²) in [5.74, 6) is 2.10. The monoisotopic (exact) mass is 442 g/mol. The molecule has 0 N–H and O–H groups in total. The molecule has 4 heteroatoms. The summed E-state index contributed by atoms with van der Waals surface area (Å²) in [6.07, 6.45) is 16.3. The van der Waals surface area contributed by atoms with Crippen LogP contribution in [0.5, 0.6) is 5.75 Å². The number of halogens is 1. The molecule has 0 amide bonds. The fourth-order valence-corrected chi connectivity index (χ4v) is 3.99. The topological polar surface area (TPSA) is 35.0 Å². The number of aromatic nitrogens is 2. The fraction of sp³-hybridized carbons (Fsp3) is 0.643. The van der Waals surface area contributed by atoms with Crippen molar-refractivity contribution in [1.82, 2.24) is 9.97 Å². The van der Waals surface area contributed by atoms with E-state index in [4.69, 9.17) is 4.74 Å². The molecular formula is C28H43FN2O. The first-order chi connectivity index (χ1) is 15.6. The van der Waals surface area contributed by atoms with Gasteiger partial charge in [-0.25, -0.2) is 14.4 Å². The Morgan fingerprint density at radius 3 is 2.19 bits per heavy atom. The number of ether oxygens (including phenoxy) is 1. The highest BCUT2D eigenvalue weighted by Crippen LogP contribution is 2.21. The molecular weight excluding hydrogens is 399 g/mol. The molecule has 0 spiro atoms. The Kier molecular flexibility index (Phi) is 13.0. The summed E-state index contributed by atoms with van der Waals surface area (Å²) >= 11 is 0. The van der Waals surface area contributed by atoms with Crippen molar-refractivity contribution in [1.29, 1.82) is 0 Å². The first kappa shape index (κ1) is 26.3. The third-order valence-electron chi connectivity index (χ3n) is 6.09. The Bertz CT molecular complexity index is 717. The number of benzene rings is 1. The van der Waals surface area contributed by atoms with Crippen LogP contribution in [0.25, 0.3) is 11.4 Å². The lowest BCUT2D eigenvalue weighted by Gasteiger charge is -2.13. The van der Waals surface area contributed by atoms with Gasteiger partial charge in [-0.1, -0.05) is 65.7 Å². The van der Waals surface area contributed by atoms with Crippen molar-refractivity contribution < 1.29 is 9.13 Å². The Morgan fingerprint density at radius 2 is 1.50 bits per heavy atom. The predicted molar refractivity (Wildman–Crippen MR) is 133 cm³/mol. The van der Waals surface area contributed by atoms with Crippen LogP contribution in [-0.2, 0) is 6.42 Å². The highest BCUT2D eigenvalue weighted by molar-refractivity contribution is 5.55. The molecule has 2 unspecified atom stereocenters. The molecule has 0 aliphatic carbocycles. The molecule has 0 fully saturated rings. The highest BCUT2D eigenvalue weighted by Gasteiger charge is 2.10. The standard InChI is InChI=1S/C28H43FN2O/c1-4-6-7-8-9-10-12-24-21-30-28(31-22-24)25-14-17-27(18-15-25)32-20-19-26(29)16-13-23(3)11-5-2/h14-15,17-18,21-23,26H,4-13,16,19-20H2,1-3H3. The van der Waals surface area contributed by atoms with Gasteiger partial charge in [-0.2, -0.15) is 0 Å². The molecule has 2 rings (SSSR count). The van der Waals surface area contributed by atoms with Gasteiger partial charge < -0.3 is 4.74 Å². The van der Waals surface area contributed by atoms with Gasteiger partial charge in [0.05, 0.1) is 6.61 Å². The number of hydrogen-bond acceptors (Lipinski definition) is 3. The number of rotatable bonds is 17. The van der Waals surface area contributed by atoms with E-state index in [1.807, 2.05) is 36.7 Å². The average molecular weight is 443 g/mol. The second-order valence-electron chi connectivity index (χ2n) is 9.16. The van der Waals surface area contributed by atoms with Gasteiger partial charge in [-0.3, -0.25) is 0 Å². The normalized spacial score (nSPS) is 13.1. The zero-order valence-electron chi connectivity index (χ0n) is 20.5. The lowest BCUT2D eigenvalue weighted by Crippen LogP contribution is -2.09. The summed E-state index contributed by atoms with van der Waals surface area (Å²) in [5.41, 5.74) is 2.17.